The summed E-state index contributed by atoms with van der Waals surface area (Å²) in [5.41, 5.74) is 2.91. The first kappa shape index (κ1) is 19.0. The molecule has 2 amide bonds. The van der Waals surface area contributed by atoms with Crippen molar-refractivity contribution < 1.29 is 14.3 Å². The van der Waals surface area contributed by atoms with Crippen molar-refractivity contribution in [2.45, 2.75) is 13.8 Å². The minimum absolute atomic E-state index is 0.273. The van der Waals surface area contributed by atoms with E-state index in [0.29, 0.717) is 23.6 Å². The molecule has 0 saturated carbocycles. The molecule has 0 spiro atoms. The van der Waals surface area contributed by atoms with Crippen molar-refractivity contribution >= 4 is 40.1 Å². The number of thiophene rings is 1. The van der Waals surface area contributed by atoms with Gasteiger partial charge in [0.15, 0.2) is 0 Å². The number of hydrogen-bond acceptors (Lipinski definition) is 5. The third-order valence-electron chi connectivity index (χ3n) is 4.54. The van der Waals surface area contributed by atoms with Gasteiger partial charge in [0, 0.05) is 10.6 Å². The first-order chi connectivity index (χ1) is 14.1. The molecular weight excluding hydrogens is 384 g/mol. The van der Waals surface area contributed by atoms with E-state index in [2.05, 4.69) is 5.32 Å². The fourth-order valence-electron chi connectivity index (χ4n) is 3.30. The molecule has 0 aliphatic carbocycles. The lowest BCUT2D eigenvalue weighted by Gasteiger charge is -2.19. The number of carbonyl (C=O) groups excluding carboxylic acids is 2. The van der Waals surface area contributed by atoms with E-state index >= 15 is 0 Å². The van der Waals surface area contributed by atoms with Gasteiger partial charge in [0.05, 0.1) is 17.9 Å². The van der Waals surface area contributed by atoms with Crippen molar-refractivity contribution in [3.05, 3.63) is 82.2 Å². The molecule has 0 saturated heterocycles. The van der Waals surface area contributed by atoms with Gasteiger partial charge < -0.3 is 10.1 Å². The Morgan fingerprint density at radius 1 is 1.00 bits per heavy atom. The zero-order valence-electron chi connectivity index (χ0n) is 16.1. The topological polar surface area (TPSA) is 58.6 Å². The highest BCUT2D eigenvalue weighted by molar-refractivity contribution is 7.11. The summed E-state index contributed by atoms with van der Waals surface area (Å²) in [7, 11) is 0. The summed E-state index contributed by atoms with van der Waals surface area (Å²) in [4.78, 5) is 28.7. The van der Waals surface area contributed by atoms with E-state index in [9.17, 15) is 9.59 Å². The molecule has 0 fully saturated rings. The molecule has 4 rings (SSSR count). The minimum atomic E-state index is -0.396. The van der Waals surface area contributed by atoms with Gasteiger partial charge in [0.25, 0.3) is 11.8 Å². The molecule has 2 heterocycles. The van der Waals surface area contributed by atoms with Crippen LogP contribution in [0.15, 0.2) is 71.7 Å². The van der Waals surface area contributed by atoms with Crippen LogP contribution in [0.25, 0.3) is 5.57 Å². The number of hydrogen-bond donors (Lipinski definition) is 1. The number of aryl methyl sites for hydroxylation is 1. The van der Waals surface area contributed by atoms with Gasteiger partial charge in [-0.1, -0.05) is 30.3 Å². The monoisotopic (exact) mass is 404 g/mol. The lowest BCUT2D eigenvalue weighted by Crippen LogP contribution is -2.32. The number of nitrogens with one attached hydrogen (secondary N) is 1. The van der Waals surface area contributed by atoms with Gasteiger partial charge in [0.1, 0.15) is 11.4 Å². The summed E-state index contributed by atoms with van der Waals surface area (Å²) in [5.74, 6) is -0.258. The zero-order valence-corrected chi connectivity index (χ0v) is 17.0. The van der Waals surface area contributed by atoms with Gasteiger partial charge in [-0.3, -0.25) is 9.59 Å². The smallest absolute Gasteiger partial charge is 0.282 e. The molecular formula is C23H20N2O3S. The number of benzene rings is 2. The predicted molar refractivity (Wildman–Crippen MR) is 116 cm³/mol. The SMILES string of the molecule is CCOc1ccccc1N1C(=O)C(Nc2cccc(C)c2)=C(c2cccs2)C1=O. The van der Waals surface area contributed by atoms with Crippen molar-refractivity contribution in [3.63, 3.8) is 0 Å². The molecule has 0 radical (unpaired) electrons. The van der Waals surface area contributed by atoms with Gasteiger partial charge in [-0.15, -0.1) is 11.3 Å². The van der Waals surface area contributed by atoms with Crippen LogP contribution >= 0.6 is 11.3 Å². The third-order valence-corrected chi connectivity index (χ3v) is 5.43. The lowest BCUT2D eigenvalue weighted by molar-refractivity contribution is -0.120. The van der Waals surface area contributed by atoms with E-state index in [1.807, 2.05) is 61.7 Å². The Morgan fingerprint density at radius 3 is 2.55 bits per heavy atom. The number of para-hydroxylation sites is 2. The standard InChI is InChI=1S/C23H20N2O3S/c1-3-28-18-11-5-4-10-17(18)25-22(26)20(19-12-7-13-29-19)21(23(25)27)24-16-9-6-8-15(2)14-16/h4-14,24H,3H2,1-2H3. The molecule has 1 aromatic heterocycles. The number of anilines is 2. The lowest BCUT2D eigenvalue weighted by atomic mass is 10.1. The summed E-state index contributed by atoms with van der Waals surface area (Å²) >= 11 is 1.43. The average molecular weight is 404 g/mol. The maximum Gasteiger partial charge on any atom is 0.282 e. The fraction of sp³-hybridized carbons (Fsp3) is 0.130. The third kappa shape index (κ3) is 3.54. The minimum Gasteiger partial charge on any atom is -0.492 e. The Hall–Kier alpha value is -3.38. The molecule has 0 atom stereocenters. The number of imide groups is 1. The molecule has 3 aromatic rings. The van der Waals surface area contributed by atoms with Crippen LogP contribution in [0.5, 0.6) is 5.75 Å². The molecule has 1 N–H and O–H groups in total. The highest BCUT2D eigenvalue weighted by Gasteiger charge is 2.41. The fourth-order valence-corrected chi connectivity index (χ4v) is 4.07. The Labute approximate surface area is 173 Å². The molecule has 0 bridgehead atoms. The quantitative estimate of drug-likeness (QED) is 0.597. The average Bonchev–Trinajstić information content (AvgIpc) is 3.30. The first-order valence-corrected chi connectivity index (χ1v) is 10.2. The molecule has 2 aromatic carbocycles. The summed E-state index contributed by atoms with van der Waals surface area (Å²) in [5, 5.41) is 5.07. The Morgan fingerprint density at radius 2 is 1.83 bits per heavy atom. The second-order valence-corrected chi connectivity index (χ2v) is 7.52. The number of rotatable bonds is 6. The van der Waals surface area contributed by atoms with Crippen molar-refractivity contribution in [1.82, 2.24) is 0 Å². The van der Waals surface area contributed by atoms with Gasteiger partial charge in [-0.25, -0.2) is 4.90 Å². The summed E-state index contributed by atoms with van der Waals surface area (Å²) in [6.07, 6.45) is 0. The largest absolute Gasteiger partial charge is 0.492 e. The Balaban J connectivity index is 1.81. The summed E-state index contributed by atoms with van der Waals surface area (Å²) in [6.45, 7) is 4.28. The van der Waals surface area contributed by atoms with Gasteiger partial charge in [-0.2, -0.15) is 0 Å². The van der Waals surface area contributed by atoms with Crippen LogP contribution < -0.4 is 15.0 Å². The maximum absolute atomic E-state index is 13.4. The van der Waals surface area contributed by atoms with Crippen molar-refractivity contribution in [2.75, 3.05) is 16.8 Å². The second kappa shape index (κ2) is 7.93. The molecule has 5 nitrogen and oxygen atoms in total. The van der Waals surface area contributed by atoms with Crippen LogP contribution in [-0.2, 0) is 9.59 Å². The highest BCUT2D eigenvalue weighted by Crippen LogP contribution is 2.38. The van der Waals surface area contributed by atoms with Crippen molar-refractivity contribution in [1.29, 1.82) is 0 Å². The van der Waals surface area contributed by atoms with Crippen molar-refractivity contribution in [3.8, 4) is 5.75 Å². The molecule has 29 heavy (non-hydrogen) atoms. The van der Waals surface area contributed by atoms with E-state index in [-0.39, 0.29) is 11.6 Å². The van der Waals surface area contributed by atoms with Gasteiger partial charge in [-0.05, 0) is 55.1 Å². The molecule has 6 heteroatoms. The first-order valence-electron chi connectivity index (χ1n) is 9.32. The predicted octanol–water partition coefficient (Wildman–Crippen LogP) is 4.85. The zero-order chi connectivity index (χ0) is 20.4. The molecule has 0 unspecified atom stereocenters. The number of carbonyl (C=O) groups is 2. The van der Waals surface area contributed by atoms with E-state index in [1.54, 1.807) is 18.2 Å². The number of ether oxygens (including phenoxy) is 1. The second-order valence-electron chi connectivity index (χ2n) is 6.57. The summed E-state index contributed by atoms with van der Waals surface area (Å²) < 4.78 is 5.66. The van der Waals surface area contributed by atoms with Crippen LogP contribution in [0, 0.1) is 6.92 Å². The van der Waals surface area contributed by atoms with Gasteiger partial charge >= 0.3 is 0 Å². The maximum atomic E-state index is 13.4. The van der Waals surface area contributed by atoms with Crippen LogP contribution in [0.3, 0.4) is 0 Å². The van der Waals surface area contributed by atoms with E-state index in [1.165, 1.54) is 16.2 Å². The van der Waals surface area contributed by atoms with Crippen LogP contribution in [0.1, 0.15) is 17.4 Å². The Bertz CT molecular complexity index is 1100. The van der Waals surface area contributed by atoms with E-state index < -0.39 is 5.91 Å². The molecule has 1 aliphatic heterocycles. The van der Waals surface area contributed by atoms with E-state index in [0.717, 1.165) is 16.1 Å². The molecule has 146 valence electrons. The summed E-state index contributed by atoms with van der Waals surface area (Å²) in [6, 6.07) is 18.5. The van der Waals surface area contributed by atoms with Crippen molar-refractivity contribution in [2.24, 2.45) is 0 Å². The van der Waals surface area contributed by atoms with Gasteiger partial charge in [0.2, 0.25) is 0 Å². The van der Waals surface area contributed by atoms with Crippen LogP contribution in [0.4, 0.5) is 11.4 Å². The number of nitrogens with zero attached hydrogens (tertiary/aromatic N) is 1. The number of amides is 2. The Kier molecular flexibility index (Phi) is 5.18. The van der Waals surface area contributed by atoms with E-state index in [4.69, 9.17) is 4.74 Å². The highest BCUT2D eigenvalue weighted by atomic mass is 32.1. The normalized spacial score (nSPS) is 13.9. The molecule has 1 aliphatic rings. The van der Waals surface area contributed by atoms with Crippen LogP contribution in [0.2, 0.25) is 0 Å². The van der Waals surface area contributed by atoms with Crippen LogP contribution in [-0.4, -0.2) is 18.4 Å².